The maximum absolute atomic E-state index is 2.44. The largest absolute Gasteiger partial charge is 0.337 e. The summed E-state index contributed by atoms with van der Waals surface area (Å²) in [5.74, 6) is 0. The maximum atomic E-state index is 2.44. The zero-order valence-electron chi connectivity index (χ0n) is 26.8. The van der Waals surface area contributed by atoms with Crippen LogP contribution in [0.4, 0.5) is 28.4 Å². The number of benzene rings is 7. The quantitative estimate of drug-likeness (QED) is 0.168. The first kappa shape index (κ1) is 29.3. The normalized spacial score (nSPS) is 12.5. The molecule has 0 radical (unpaired) electrons. The Balaban J connectivity index is 1.14. The molecule has 230 valence electrons. The molecule has 0 amide bonds. The van der Waals surface area contributed by atoms with E-state index in [1.807, 2.05) is 0 Å². The number of fused-ring (bicyclic) bond motifs is 2. The van der Waals surface area contributed by atoms with Crippen molar-refractivity contribution in [2.45, 2.75) is 6.42 Å². The molecule has 2 nitrogen and oxygen atoms in total. The van der Waals surface area contributed by atoms with E-state index in [1.165, 1.54) is 55.3 Å². The molecular formula is C46H36N2. The molecule has 0 fully saturated rings. The van der Waals surface area contributed by atoms with E-state index in [1.54, 1.807) is 0 Å². The fraction of sp³-hybridized carbons (Fsp3) is 0.0435. The molecule has 0 heterocycles. The van der Waals surface area contributed by atoms with Gasteiger partial charge in [0.15, 0.2) is 0 Å². The van der Waals surface area contributed by atoms with Crippen LogP contribution in [0.3, 0.4) is 0 Å². The molecule has 0 N–H and O–H groups in total. The molecule has 0 saturated heterocycles. The second-order valence-corrected chi connectivity index (χ2v) is 12.1. The van der Waals surface area contributed by atoms with Crippen LogP contribution in [0.15, 0.2) is 200 Å². The molecule has 0 aliphatic heterocycles. The number of rotatable bonds is 8. The third-order valence-electron chi connectivity index (χ3n) is 9.13. The Morgan fingerprint density at radius 3 is 1.67 bits per heavy atom. The predicted octanol–water partition coefficient (Wildman–Crippen LogP) is 12.7. The molecule has 0 spiro atoms. The lowest BCUT2D eigenvalue weighted by molar-refractivity contribution is 1.06. The van der Waals surface area contributed by atoms with Gasteiger partial charge in [-0.2, -0.15) is 0 Å². The van der Waals surface area contributed by atoms with Crippen LogP contribution in [0, 0.1) is 0 Å². The second kappa shape index (κ2) is 13.3. The molecule has 8 rings (SSSR count). The summed E-state index contributed by atoms with van der Waals surface area (Å²) < 4.78 is 0. The first-order valence-corrected chi connectivity index (χ1v) is 16.6. The minimum absolute atomic E-state index is 0.795. The van der Waals surface area contributed by atoms with E-state index >= 15 is 0 Å². The summed E-state index contributed by atoms with van der Waals surface area (Å²) in [6.07, 6.45) is 12.0. The van der Waals surface area contributed by atoms with Gasteiger partial charge in [0.2, 0.25) is 0 Å². The summed E-state index contributed by atoms with van der Waals surface area (Å²) in [6, 6.07) is 59.0. The Kier molecular flexibility index (Phi) is 8.13. The first-order valence-electron chi connectivity index (χ1n) is 16.6. The highest BCUT2D eigenvalue weighted by atomic mass is 15.1. The van der Waals surface area contributed by atoms with E-state index in [-0.39, 0.29) is 0 Å². The summed E-state index contributed by atoms with van der Waals surface area (Å²) in [5.41, 5.74) is 9.50. The van der Waals surface area contributed by atoms with Crippen LogP contribution in [0.2, 0.25) is 0 Å². The van der Waals surface area contributed by atoms with Gasteiger partial charge in [-0.3, -0.25) is 0 Å². The lowest BCUT2D eigenvalue weighted by Crippen LogP contribution is -2.20. The van der Waals surface area contributed by atoms with Crippen LogP contribution < -0.4 is 9.80 Å². The number of nitrogens with zero attached hydrogens (tertiary/aromatic N) is 2. The van der Waals surface area contributed by atoms with Gasteiger partial charge >= 0.3 is 0 Å². The van der Waals surface area contributed by atoms with Crippen molar-refractivity contribution in [1.29, 1.82) is 0 Å². The van der Waals surface area contributed by atoms with E-state index in [0.29, 0.717) is 0 Å². The van der Waals surface area contributed by atoms with Crippen LogP contribution in [0.25, 0.3) is 32.7 Å². The molecule has 7 aromatic rings. The monoisotopic (exact) mass is 616 g/mol. The Morgan fingerprint density at radius 1 is 0.438 bits per heavy atom. The lowest BCUT2D eigenvalue weighted by Gasteiger charge is -2.28. The topological polar surface area (TPSA) is 6.48 Å². The summed E-state index contributed by atoms with van der Waals surface area (Å²) in [7, 11) is 0. The van der Waals surface area contributed by atoms with Gasteiger partial charge in [-0.05, 0) is 82.4 Å². The van der Waals surface area contributed by atoms with Gasteiger partial charge in [-0.1, -0.05) is 146 Å². The zero-order valence-corrected chi connectivity index (χ0v) is 26.8. The van der Waals surface area contributed by atoms with E-state index in [0.717, 1.165) is 24.3 Å². The van der Waals surface area contributed by atoms with Crippen molar-refractivity contribution in [3.8, 4) is 11.1 Å². The Bertz CT molecular complexity index is 2270. The highest BCUT2D eigenvalue weighted by Crippen LogP contribution is 2.40. The van der Waals surface area contributed by atoms with E-state index < -0.39 is 0 Å². The van der Waals surface area contributed by atoms with E-state index in [9.17, 15) is 0 Å². The molecule has 2 heteroatoms. The number of hydrogen-bond acceptors (Lipinski definition) is 2. The standard InChI is InChI=1S/C46H36N2/c1-2-5-15-35(14-4-1)34-47(45-24-12-18-38-16-8-10-22-43(38)45)40-30-26-36(27-31-40)37-28-32-42(33-29-37)48(41-20-6-3-7-21-41)46-25-13-19-39-17-9-11-23-44(39)46/h1-4,6-33H,5,34H2. The second-order valence-electron chi connectivity index (χ2n) is 12.1. The Labute approximate surface area is 282 Å². The van der Waals surface area contributed by atoms with Gasteiger partial charge in [0.1, 0.15) is 0 Å². The molecule has 0 bridgehead atoms. The summed E-state index contributed by atoms with van der Waals surface area (Å²) in [4.78, 5) is 4.79. The minimum atomic E-state index is 0.795. The van der Waals surface area contributed by atoms with Gasteiger partial charge in [-0.25, -0.2) is 0 Å². The molecule has 1 aliphatic carbocycles. The van der Waals surface area contributed by atoms with Gasteiger partial charge in [-0.15, -0.1) is 0 Å². The van der Waals surface area contributed by atoms with Crippen LogP contribution in [0.5, 0.6) is 0 Å². The van der Waals surface area contributed by atoms with Crippen LogP contribution >= 0.6 is 0 Å². The minimum Gasteiger partial charge on any atom is -0.337 e. The maximum Gasteiger partial charge on any atom is 0.0540 e. The number of allylic oxidation sites excluding steroid dienone is 4. The van der Waals surface area contributed by atoms with Crippen molar-refractivity contribution in [3.05, 3.63) is 200 Å². The Hall–Kier alpha value is -6.12. The van der Waals surface area contributed by atoms with Gasteiger partial charge in [0.05, 0.1) is 5.69 Å². The fourth-order valence-electron chi connectivity index (χ4n) is 6.73. The Morgan fingerprint density at radius 2 is 0.979 bits per heavy atom. The fourth-order valence-corrected chi connectivity index (χ4v) is 6.73. The van der Waals surface area contributed by atoms with Gasteiger partial charge in [0.25, 0.3) is 0 Å². The molecule has 0 saturated carbocycles. The van der Waals surface area contributed by atoms with Crippen molar-refractivity contribution < 1.29 is 0 Å². The first-order chi connectivity index (χ1) is 23.8. The highest BCUT2D eigenvalue weighted by molar-refractivity contribution is 5.99. The number of hydrogen-bond donors (Lipinski definition) is 0. The molecule has 0 unspecified atom stereocenters. The van der Waals surface area contributed by atoms with E-state index in [4.69, 9.17) is 0 Å². The summed E-state index contributed by atoms with van der Waals surface area (Å²) >= 11 is 0. The third-order valence-corrected chi connectivity index (χ3v) is 9.13. The lowest BCUT2D eigenvalue weighted by atomic mass is 10.0. The molecule has 0 aromatic heterocycles. The average Bonchev–Trinajstić information content (AvgIpc) is 3.44. The van der Waals surface area contributed by atoms with Crippen molar-refractivity contribution in [3.63, 3.8) is 0 Å². The van der Waals surface area contributed by atoms with Gasteiger partial charge < -0.3 is 9.80 Å². The molecule has 1 aliphatic rings. The molecule has 0 atom stereocenters. The van der Waals surface area contributed by atoms with Crippen LogP contribution in [-0.4, -0.2) is 6.54 Å². The van der Waals surface area contributed by atoms with Crippen molar-refractivity contribution >= 4 is 50.0 Å². The number of para-hydroxylation sites is 1. The predicted molar refractivity (Wildman–Crippen MR) is 206 cm³/mol. The SMILES string of the molecule is C1=CCC=C(CN(c2ccc(-c3ccc(N(c4ccccc4)c4cccc5ccccc45)cc3)cc2)c2cccc3ccccc23)C=C1. The third kappa shape index (κ3) is 5.92. The van der Waals surface area contributed by atoms with Crippen LogP contribution in [0.1, 0.15) is 6.42 Å². The van der Waals surface area contributed by atoms with Crippen molar-refractivity contribution in [1.82, 2.24) is 0 Å². The summed E-state index contributed by atoms with van der Waals surface area (Å²) in [6.45, 7) is 0.795. The average molecular weight is 617 g/mol. The molecular weight excluding hydrogens is 581 g/mol. The van der Waals surface area contributed by atoms with Crippen LogP contribution in [-0.2, 0) is 0 Å². The molecule has 48 heavy (non-hydrogen) atoms. The number of anilines is 5. The summed E-state index contributed by atoms with van der Waals surface area (Å²) in [5, 5.41) is 4.96. The zero-order chi connectivity index (χ0) is 32.1. The molecule has 7 aromatic carbocycles. The smallest absolute Gasteiger partial charge is 0.0540 e. The highest BCUT2D eigenvalue weighted by Gasteiger charge is 2.17. The van der Waals surface area contributed by atoms with E-state index in [2.05, 4.69) is 204 Å². The van der Waals surface area contributed by atoms with Crippen molar-refractivity contribution in [2.75, 3.05) is 16.3 Å². The van der Waals surface area contributed by atoms with Crippen molar-refractivity contribution in [2.24, 2.45) is 0 Å². The van der Waals surface area contributed by atoms with Gasteiger partial charge in [0, 0.05) is 40.1 Å².